The van der Waals surface area contributed by atoms with Gasteiger partial charge in [-0.2, -0.15) is 0 Å². The van der Waals surface area contributed by atoms with Crippen molar-refractivity contribution < 1.29 is 9.53 Å². The molecule has 0 aromatic heterocycles. The van der Waals surface area contributed by atoms with Gasteiger partial charge in [-0.15, -0.1) is 0 Å². The van der Waals surface area contributed by atoms with Crippen LogP contribution in [-0.2, 0) is 9.53 Å². The van der Waals surface area contributed by atoms with E-state index in [0.717, 1.165) is 6.29 Å². The lowest BCUT2D eigenvalue weighted by molar-refractivity contribution is -0.108. The van der Waals surface area contributed by atoms with Crippen molar-refractivity contribution in [3.63, 3.8) is 0 Å². The van der Waals surface area contributed by atoms with Crippen LogP contribution in [0.5, 0.6) is 0 Å². The van der Waals surface area contributed by atoms with E-state index in [9.17, 15) is 4.79 Å². The monoisotopic (exact) mass is 140 g/mol. The van der Waals surface area contributed by atoms with Crippen LogP contribution in [0, 0.1) is 5.92 Å². The molecule has 0 amide bonds. The van der Waals surface area contributed by atoms with Gasteiger partial charge in [-0.1, -0.05) is 6.42 Å². The molecule has 0 aromatic carbocycles. The highest BCUT2D eigenvalue weighted by atomic mass is 16.6. The minimum Gasteiger partial charge on any atom is -0.369 e. The number of carbonyl (C=O) groups is 1. The molecule has 0 N–H and O–H groups in total. The minimum atomic E-state index is 0.457. The number of rotatable bonds is 2. The van der Waals surface area contributed by atoms with Crippen LogP contribution in [0.4, 0.5) is 0 Å². The topological polar surface area (TPSA) is 29.6 Å². The Morgan fingerprint density at radius 3 is 3.20 bits per heavy atom. The third kappa shape index (κ3) is 0.966. The molecule has 0 spiro atoms. The number of aldehydes is 1. The van der Waals surface area contributed by atoms with Gasteiger partial charge in [-0.3, -0.25) is 0 Å². The Bertz CT molecular complexity index is 144. The number of hydrogen-bond acceptors (Lipinski definition) is 2. The Morgan fingerprint density at radius 1 is 1.50 bits per heavy atom. The van der Waals surface area contributed by atoms with Crippen LogP contribution in [0.2, 0.25) is 0 Å². The molecule has 1 aliphatic carbocycles. The molecule has 0 radical (unpaired) electrons. The molecule has 2 aliphatic rings. The van der Waals surface area contributed by atoms with Crippen LogP contribution in [-0.4, -0.2) is 18.5 Å². The predicted octanol–water partition coefficient (Wildman–Crippen LogP) is 1.14. The number of epoxide rings is 1. The van der Waals surface area contributed by atoms with E-state index in [2.05, 4.69) is 0 Å². The molecule has 3 atom stereocenters. The SMILES string of the molecule is O=CCC1CCCC2OC12. The Hall–Kier alpha value is -0.370. The van der Waals surface area contributed by atoms with Gasteiger partial charge in [-0.25, -0.2) is 0 Å². The molecule has 10 heavy (non-hydrogen) atoms. The zero-order valence-electron chi connectivity index (χ0n) is 5.95. The molecule has 2 heteroatoms. The molecule has 1 heterocycles. The van der Waals surface area contributed by atoms with Crippen molar-refractivity contribution in [1.82, 2.24) is 0 Å². The van der Waals surface area contributed by atoms with E-state index in [0.29, 0.717) is 24.5 Å². The largest absolute Gasteiger partial charge is 0.369 e. The van der Waals surface area contributed by atoms with Gasteiger partial charge in [0.15, 0.2) is 0 Å². The van der Waals surface area contributed by atoms with E-state index in [1.54, 1.807) is 0 Å². The van der Waals surface area contributed by atoms with Crippen LogP contribution in [0.25, 0.3) is 0 Å². The van der Waals surface area contributed by atoms with Crippen molar-refractivity contribution in [3.8, 4) is 0 Å². The highest BCUT2D eigenvalue weighted by Crippen LogP contribution is 2.41. The Kier molecular flexibility index (Phi) is 1.49. The van der Waals surface area contributed by atoms with Crippen LogP contribution < -0.4 is 0 Å². The number of carbonyl (C=O) groups excluding carboxylic acids is 1. The lowest BCUT2D eigenvalue weighted by atomic mass is 9.87. The van der Waals surface area contributed by atoms with Gasteiger partial charge in [0.2, 0.25) is 0 Å². The van der Waals surface area contributed by atoms with Crippen molar-refractivity contribution in [1.29, 1.82) is 0 Å². The summed E-state index contributed by atoms with van der Waals surface area (Å²) < 4.78 is 5.38. The third-order valence-corrected chi connectivity index (χ3v) is 2.55. The first-order valence-electron chi connectivity index (χ1n) is 4.01. The van der Waals surface area contributed by atoms with Crippen LogP contribution in [0.3, 0.4) is 0 Å². The van der Waals surface area contributed by atoms with Crippen LogP contribution in [0.1, 0.15) is 25.7 Å². The van der Waals surface area contributed by atoms with Crippen molar-refractivity contribution >= 4 is 6.29 Å². The zero-order valence-corrected chi connectivity index (χ0v) is 5.95. The number of ether oxygens (including phenoxy) is 1. The van der Waals surface area contributed by atoms with Gasteiger partial charge in [0, 0.05) is 6.42 Å². The fourth-order valence-corrected chi connectivity index (χ4v) is 1.92. The molecular formula is C8H12O2. The lowest BCUT2D eigenvalue weighted by Gasteiger charge is -2.14. The van der Waals surface area contributed by atoms with Gasteiger partial charge >= 0.3 is 0 Å². The first-order chi connectivity index (χ1) is 4.92. The second kappa shape index (κ2) is 2.35. The first-order valence-corrected chi connectivity index (χ1v) is 4.01. The van der Waals surface area contributed by atoms with E-state index in [-0.39, 0.29) is 0 Å². The normalized spacial score (nSPS) is 44.2. The summed E-state index contributed by atoms with van der Waals surface area (Å²) >= 11 is 0. The maximum absolute atomic E-state index is 10.2. The molecule has 0 aromatic rings. The van der Waals surface area contributed by atoms with Crippen molar-refractivity contribution in [2.75, 3.05) is 0 Å². The summed E-state index contributed by atoms with van der Waals surface area (Å²) in [4.78, 5) is 10.2. The summed E-state index contributed by atoms with van der Waals surface area (Å²) in [7, 11) is 0. The molecule has 2 fully saturated rings. The van der Waals surface area contributed by atoms with Gasteiger partial charge in [-0.05, 0) is 18.8 Å². The first kappa shape index (κ1) is 6.35. The van der Waals surface area contributed by atoms with Gasteiger partial charge < -0.3 is 9.53 Å². The molecule has 3 unspecified atom stereocenters. The van der Waals surface area contributed by atoms with Crippen LogP contribution in [0.15, 0.2) is 0 Å². The molecule has 1 aliphatic heterocycles. The fourth-order valence-electron chi connectivity index (χ4n) is 1.92. The number of fused-ring (bicyclic) bond motifs is 1. The lowest BCUT2D eigenvalue weighted by Crippen LogP contribution is -2.16. The summed E-state index contributed by atoms with van der Waals surface area (Å²) in [6.07, 6.45) is 6.38. The van der Waals surface area contributed by atoms with Crippen molar-refractivity contribution in [3.05, 3.63) is 0 Å². The summed E-state index contributed by atoms with van der Waals surface area (Å²) in [5.41, 5.74) is 0. The van der Waals surface area contributed by atoms with Gasteiger partial charge in [0.25, 0.3) is 0 Å². The Morgan fingerprint density at radius 2 is 2.40 bits per heavy atom. The average Bonchev–Trinajstić information content (AvgIpc) is 2.67. The number of hydrogen-bond donors (Lipinski definition) is 0. The molecule has 1 saturated carbocycles. The summed E-state index contributed by atoms with van der Waals surface area (Å²) in [5.74, 6) is 0.552. The van der Waals surface area contributed by atoms with Crippen LogP contribution >= 0.6 is 0 Å². The molecule has 0 bridgehead atoms. The standard InChI is InChI=1S/C8H12O2/c9-5-4-6-2-1-3-7-8(6)10-7/h5-8H,1-4H2. The van der Waals surface area contributed by atoms with E-state index in [4.69, 9.17) is 4.74 Å². The van der Waals surface area contributed by atoms with E-state index >= 15 is 0 Å². The summed E-state index contributed by atoms with van der Waals surface area (Å²) in [5, 5.41) is 0. The maximum atomic E-state index is 10.2. The Labute approximate surface area is 60.6 Å². The molecule has 2 rings (SSSR count). The third-order valence-electron chi connectivity index (χ3n) is 2.55. The highest BCUT2D eigenvalue weighted by Gasteiger charge is 2.46. The zero-order chi connectivity index (χ0) is 6.97. The Balaban J connectivity index is 1.89. The smallest absolute Gasteiger partial charge is 0.120 e. The second-order valence-corrected chi connectivity index (χ2v) is 3.23. The predicted molar refractivity (Wildman–Crippen MR) is 36.7 cm³/mol. The molecule has 2 nitrogen and oxygen atoms in total. The van der Waals surface area contributed by atoms with E-state index in [1.807, 2.05) is 0 Å². The van der Waals surface area contributed by atoms with Gasteiger partial charge in [0.05, 0.1) is 12.2 Å². The van der Waals surface area contributed by atoms with Crippen molar-refractivity contribution in [2.24, 2.45) is 5.92 Å². The quantitative estimate of drug-likeness (QED) is 0.425. The minimum absolute atomic E-state index is 0.457. The second-order valence-electron chi connectivity index (χ2n) is 3.23. The highest BCUT2D eigenvalue weighted by molar-refractivity contribution is 5.50. The molecule has 56 valence electrons. The molecule has 1 saturated heterocycles. The molecular weight excluding hydrogens is 128 g/mol. The average molecular weight is 140 g/mol. The van der Waals surface area contributed by atoms with Crippen molar-refractivity contribution in [2.45, 2.75) is 37.9 Å². The van der Waals surface area contributed by atoms with E-state index < -0.39 is 0 Å². The fraction of sp³-hybridized carbons (Fsp3) is 0.875. The maximum Gasteiger partial charge on any atom is 0.120 e. The summed E-state index contributed by atoms with van der Waals surface area (Å²) in [6.45, 7) is 0. The van der Waals surface area contributed by atoms with E-state index in [1.165, 1.54) is 19.3 Å². The van der Waals surface area contributed by atoms with Gasteiger partial charge in [0.1, 0.15) is 6.29 Å². The summed E-state index contributed by atoms with van der Waals surface area (Å²) in [6, 6.07) is 0.